The summed E-state index contributed by atoms with van der Waals surface area (Å²) in [4.78, 5) is 2.39. The van der Waals surface area contributed by atoms with Crippen LogP contribution in [0.2, 0.25) is 0 Å². The summed E-state index contributed by atoms with van der Waals surface area (Å²) in [5.74, 6) is 1.23. The minimum Gasteiger partial charge on any atom is -0.493 e. The van der Waals surface area contributed by atoms with Gasteiger partial charge in [-0.3, -0.25) is 0 Å². The molecule has 0 bridgehead atoms. The van der Waals surface area contributed by atoms with Gasteiger partial charge in [0.2, 0.25) is 0 Å². The van der Waals surface area contributed by atoms with Crippen LogP contribution in [0.15, 0.2) is 41.0 Å². The van der Waals surface area contributed by atoms with Crippen LogP contribution in [-0.4, -0.2) is 31.6 Å². The van der Waals surface area contributed by atoms with Crippen LogP contribution < -0.4 is 4.74 Å². The Kier molecular flexibility index (Phi) is 6.77. The van der Waals surface area contributed by atoms with E-state index in [2.05, 4.69) is 18.0 Å². The number of nitrogens with zero attached hydrogens (tertiary/aromatic N) is 1. The first-order valence-electron chi connectivity index (χ1n) is 9.66. The number of hydrogen-bond donors (Lipinski definition) is 0. The lowest BCUT2D eigenvalue weighted by Gasteiger charge is -2.28. The second-order valence-corrected chi connectivity index (χ2v) is 8.22. The van der Waals surface area contributed by atoms with E-state index < -0.39 is 0 Å². The van der Waals surface area contributed by atoms with E-state index in [1.807, 2.05) is 25.1 Å². The summed E-state index contributed by atoms with van der Waals surface area (Å²) in [7, 11) is 2.19. The zero-order valence-corrected chi connectivity index (χ0v) is 16.6. The molecule has 1 unspecified atom stereocenters. The normalized spacial score (nSPS) is 22.1. The van der Waals surface area contributed by atoms with Crippen molar-refractivity contribution < 1.29 is 9.13 Å². The van der Waals surface area contributed by atoms with E-state index in [4.69, 9.17) is 16.3 Å². The van der Waals surface area contributed by atoms with E-state index in [-0.39, 0.29) is 11.7 Å². The molecule has 2 nitrogen and oxygen atoms in total. The van der Waals surface area contributed by atoms with Crippen LogP contribution in [-0.2, 0) is 0 Å². The van der Waals surface area contributed by atoms with Crippen LogP contribution in [0.3, 0.4) is 0 Å². The molecular weight excluding hydrogens is 349 g/mol. The highest BCUT2D eigenvalue weighted by Crippen LogP contribution is 2.35. The highest BCUT2D eigenvalue weighted by Gasteiger charge is 2.19. The molecule has 0 saturated carbocycles. The Labute approximate surface area is 161 Å². The Balaban J connectivity index is 1.48. The molecule has 0 amide bonds. The first-order chi connectivity index (χ1) is 12.5. The fourth-order valence-corrected chi connectivity index (χ4v) is 4.29. The van der Waals surface area contributed by atoms with Crippen molar-refractivity contribution in [3.05, 3.63) is 52.3 Å². The Bertz CT molecular complexity index is 677. The van der Waals surface area contributed by atoms with Gasteiger partial charge in [-0.1, -0.05) is 29.3 Å². The molecule has 1 fully saturated rings. The number of benzene rings is 1. The Morgan fingerprint density at radius 1 is 1.27 bits per heavy atom. The van der Waals surface area contributed by atoms with Crippen LogP contribution >= 0.6 is 11.6 Å². The highest BCUT2D eigenvalue weighted by atomic mass is 35.5. The number of hydrogen-bond acceptors (Lipinski definition) is 2. The summed E-state index contributed by atoms with van der Waals surface area (Å²) in [5.41, 5.74) is 1.77. The van der Waals surface area contributed by atoms with Gasteiger partial charge in [0, 0.05) is 17.0 Å². The maximum Gasteiger partial charge on any atom is 0.130 e. The van der Waals surface area contributed by atoms with Gasteiger partial charge in [0.05, 0.1) is 6.61 Å². The SMILES string of the molecule is CC1=CC(c2ccc(OCCCC3CCN(C)CC3)cc2F)CC(Cl)=C1. The average Bonchev–Trinajstić information content (AvgIpc) is 2.59. The first-order valence-corrected chi connectivity index (χ1v) is 10.0. The standard InChI is InChI=1S/C22H29ClFNO/c1-16-12-18(14-19(23)13-16)21-6-5-20(15-22(21)24)26-11-3-4-17-7-9-25(2)10-8-17/h5-6,12-13,15,17-18H,3-4,7-11,14H2,1-2H3. The number of ether oxygens (including phenoxy) is 1. The smallest absolute Gasteiger partial charge is 0.130 e. The molecule has 26 heavy (non-hydrogen) atoms. The van der Waals surface area contributed by atoms with Crippen molar-refractivity contribution in [2.24, 2.45) is 5.92 Å². The molecule has 0 spiro atoms. The number of likely N-dealkylation sites (tertiary alicyclic amines) is 1. The molecule has 0 radical (unpaired) electrons. The van der Waals surface area contributed by atoms with E-state index in [0.29, 0.717) is 24.3 Å². The second-order valence-electron chi connectivity index (χ2n) is 7.73. The number of allylic oxidation sites excluding steroid dienone is 4. The van der Waals surface area contributed by atoms with Gasteiger partial charge in [-0.15, -0.1) is 0 Å². The van der Waals surface area contributed by atoms with Gasteiger partial charge >= 0.3 is 0 Å². The van der Waals surface area contributed by atoms with Crippen LogP contribution in [0, 0.1) is 11.7 Å². The predicted octanol–water partition coefficient (Wildman–Crippen LogP) is 5.88. The van der Waals surface area contributed by atoms with Gasteiger partial charge in [0.15, 0.2) is 0 Å². The van der Waals surface area contributed by atoms with E-state index in [1.165, 1.54) is 38.4 Å². The molecule has 0 N–H and O–H groups in total. The van der Waals surface area contributed by atoms with Crippen molar-refractivity contribution in [1.82, 2.24) is 4.90 Å². The molecule has 1 aliphatic heterocycles. The average molecular weight is 378 g/mol. The lowest BCUT2D eigenvalue weighted by Crippen LogP contribution is -2.30. The predicted molar refractivity (Wildman–Crippen MR) is 106 cm³/mol. The zero-order chi connectivity index (χ0) is 18.5. The van der Waals surface area contributed by atoms with Crippen LogP contribution in [0.25, 0.3) is 0 Å². The minimum absolute atomic E-state index is 0.00554. The molecule has 1 saturated heterocycles. The van der Waals surface area contributed by atoms with Crippen molar-refractivity contribution in [3.8, 4) is 5.75 Å². The molecular formula is C22H29ClFNO. The Morgan fingerprint density at radius 3 is 2.73 bits per heavy atom. The fraction of sp³-hybridized carbons (Fsp3) is 0.545. The van der Waals surface area contributed by atoms with Gasteiger partial charge in [0.25, 0.3) is 0 Å². The van der Waals surface area contributed by atoms with Gasteiger partial charge in [-0.2, -0.15) is 0 Å². The minimum atomic E-state index is -0.210. The summed E-state index contributed by atoms with van der Waals surface area (Å²) in [6.07, 6.45) is 9.47. The molecule has 0 aromatic heterocycles. The monoisotopic (exact) mass is 377 g/mol. The largest absolute Gasteiger partial charge is 0.493 e. The lowest BCUT2D eigenvalue weighted by atomic mass is 9.89. The van der Waals surface area contributed by atoms with Gasteiger partial charge < -0.3 is 9.64 Å². The van der Waals surface area contributed by atoms with E-state index in [0.717, 1.165) is 22.9 Å². The Hall–Kier alpha value is -1.32. The third-order valence-corrected chi connectivity index (χ3v) is 5.76. The molecule has 1 heterocycles. The van der Waals surface area contributed by atoms with Crippen molar-refractivity contribution in [2.45, 2.75) is 44.9 Å². The highest BCUT2D eigenvalue weighted by molar-refractivity contribution is 6.29. The van der Waals surface area contributed by atoms with E-state index >= 15 is 0 Å². The van der Waals surface area contributed by atoms with Crippen LogP contribution in [0.5, 0.6) is 5.75 Å². The second kappa shape index (κ2) is 9.05. The van der Waals surface area contributed by atoms with Gasteiger partial charge in [-0.25, -0.2) is 4.39 Å². The van der Waals surface area contributed by atoms with Crippen molar-refractivity contribution in [3.63, 3.8) is 0 Å². The first kappa shape index (κ1) is 19.4. The van der Waals surface area contributed by atoms with Gasteiger partial charge in [-0.05, 0) is 82.8 Å². The summed E-state index contributed by atoms with van der Waals surface area (Å²) in [6, 6.07) is 5.23. The van der Waals surface area contributed by atoms with Crippen molar-refractivity contribution >= 4 is 11.6 Å². The quantitative estimate of drug-likeness (QED) is 0.573. The maximum atomic E-state index is 14.5. The molecule has 1 atom stereocenters. The van der Waals surface area contributed by atoms with Crippen molar-refractivity contribution in [1.29, 1.82) is 0 Å². The molecule has 1 aromatic carbocycles. The third kappa shape index (κ3) is 5.34. The molecule has 1 aromatic rings. The third-order valence-electron chi connectivity index (χ3n) is 5.50. The van der Waals surface area contributed by atoms with E-state index in [1.54, 1.807) is 0 Å². The topological polar surface area (TPSA) is 12.5 Å². The molecule has 1 aliphatic carbocycles. The number of rotatable bonds is 6. The summed E-state index contributed by atoms with van der Waals surface area (Å²) < 4.78 is 20.3. The maximum absolute atomic E-state index is 14.5. The van der Waals surface area contributed by atoms with Crippen molar-refractivity contribution in [2.75, 3.05) is 26.7 Å². The van der Waals surface area contributed by atoms with Crippen LogP contribution in [0.1, 0.15) is 50.5 Å². The molecule has 142 valence electrons. The van der Waals surface area contributed by atoms with Gasteiger partial charge in [0.1, 0.15) is 11.6 Å². The number of halogens is 2. The van der Waals surface area contributed by atoms with Crippen LogP contribution in [0.4, 0.5) is 4.39 Å². The van der Waals surface area contributed by atoms with E-state index in [9.17, 15) is 4.39 Å². The fourth-order valence-electron chi connectivity index (χ4n) is 3.95. The molecule has 2 aliphatic rings. The zero-order valence-electron chi connectivity index (χ0n) is 15.8. The Morgan fingerprint density at radius 2 is 2.04 bits per heavy atom. The summed E-state index contributed by atoms with van der Waals surface area (Å²) in [5, 5.41) is 0.781. The number of piperidine rings is 1. The summed E-state index contributed by atoms with van der Waals surface area (Å²) in [6.45, 7) is 5.05. The molecule has 4 heteroatoms. The lowest BCUT2D eigenvalue weighted by molar-refractivity contribution is 0.200. The summed E-state index contributed by atoms with van der Waals surface area (Å²) >= 11 is 6.17. The molecule has 3 rings (SSSR count).